The molecule has 10 heteroatoms. The number of hydrogen-bond acceptors (Lipinski definition) is 8. The normalized spacial score (nSPS) is 10.2. The summed E-state index contributed by atoms with van der Waals surface area (Å²) in [7, 11) is 0. The van der Waals surface area contributed by atoms with Crippen LogP contribution in [-0.4, -0.2) is 40.8 Å². The lowest BCUT2D eigenvalue weighted by atomic mass is 10.2. The zero-order valence-corrected chi connectivity index (χ0v) is 16.1. The van der Waals surface area contributed by atoms with E-state index in [1.807, 2.05) is 24.4 Å². The second-order valence-corrected chi connectivity index (χ2v) is 6.54. The first-order valence-corrected chi connectivity index (χ1v) is 9.52. The van der Waals surface area contributed by atoms with Crippen LogP contribution >= 0.6 is 11.3 Å². The number of pyridine rings is 1. The molecule has 0 fully saturated rings. The number of nitrogens with zero attached hydrogens (tertiary/aromatic N) is 7. The van der Waals surface area contributed by atoms with Gasteiger partial charge in [0.25, 0.3) is 5.91 Å². The van der Waals surface area contributed by atoms with E-state index < -0.39 is 5.91 Å². The van der Waals surface area contributed by atoms with E-state index in [-0.39, 0.29) is 5.69 Å². The smallest absolute Gasteiger partial charge is 0.277 e. The summed E-state index contributed by atoms with van der Waals surface area (Å²) in [6.07, 6.45) is 6.80. The van der Waals surface area contributed by atoms with Crippen LogP contribution in [0.2, 0.25) is 0 Å². The van der Waals surface area contributed by atoms with Gasteiger partial charge in [-0.2, -0.15) is 4.68 Å². The van der Waals surface area contributed by atoms with Crippen LogP contribution in [0.5, 0.6) is 0 Å². The van der Waals surface area contributed by atoms with E-state index in [9.17, 15) is 4.79 Å². The Labute approximate surface area is 169 Å². The highest BCUT2D eigenvalue weighted by Crippen LogP contribution is 2.24. The summed E-state index contributed by atoms with van der Waals surface area (Å²) in [6.45, 7) is 2.00. The number of aromatic nitrogens is 7. The summed E-state index contributed by atoms with van der Waals surface area (Å²) in [5.41, 5.74) is 2.46. The van der Waals surface area contributed by atoms with Gasteiger partial charge in [-0.1, -0.05) is 24.0 Å². The summed E-state index contributed by atoms with van der Waals surface area (Å²) in [5.74, 6) is 6.08. The first-order valence-electron chi connectivity index (χ1n) is 8.64. The highest BCUT2D eigenvalue weighted by Gasteiger charge is 2.17. The predicted molar refractivity (Wildman–Crippen MR) is 107 cm³/mol. The summed E-state index contributed by atoms with van der Waals surface area (Å²) < 4.78 is 1.34. The molecular weight excluding hydrogens is 388 g/mol. The molecule has 4 aromatic heterocycles. The fraction of sp³-hybridized carbons (Fsp3) is 0.105. The lowest BCUT2D eigenvalue weighted by Gasteiger charge is -2.04. The largest absolute Gasteiger partial charge is 0.296 e. The van der Waals surface area contributed by atoms with E-state index in [1.54, 1.807) is 18.5 Å². The van der Waals surface area contributed by atoms with Gasteiger partial charge in [0.1, 0.15) is 12.0 Å². The summed E-state index contributed by atoms with van der Waals surface area (Å²) in [5, 5.41) is 12.7. The van der Waals surface area contributed by atoms with Crippen molar-refractivity contribution in [2.24, 2.45) is 0 Å². The fourth-order valence-electron chi connectivity index (χ4n) is 2.39. The number of nitrogens with one attached hydrogen (secondary N) is 1. The van der Waals surface area contributed by atoms with Gasteiger partial charge in [-0.3, -0.25) is 15.1 Å². The van der Waals surface area contributed by atoms with Crippen molar-refractivity contribution in [3.8, 4) is 29.0 Å². The maximum Gasteiger partial charge on any atom is 0.277 e. The molecule has 0 radical (unpaired) electrons. The molecule has 0 saturated heterocycles. The monoisotopic (exact) mass is 402 g/mol. The number of thiazole rings is 1. The quantitative estimate of drug-likeness (QED) is 0.522. The molecular formula is C19H14N8OS. The molecule has 0 spiro atoms. The highest BCUT2D eigenvalue weighted by atomic mass is 32.1. The van der Waals surface area contributed by atoms with Crippen molar-refractivity contribution in [1.29, 1.82) is 0 Å². The Morgan fingerprint density at radius 1 is 1.21 bits per heavy atom. The minimum absolute atomic E-state index is 0.234. The molecule has 29 heavy (non-hydrogen) atoms. The van der Waals surface area contributed by atoms with Crippen molar-refractivity contribution < 1.29 is 4.79 Å². The van der Waals surface area contributed by atoms with Crippen molar-refractivity contribution in [2.75, 3.05) is 5.32 Å². The summed E-state index contributed by atoms with van der Waals surface area (Å²) in [4.78, 5) is 29.4. The molecule has 1 N–H and O–H groups in total. The standard InChI is InChI=1S/C19H14N8OS/c1-2-3-4-13-5-6-14(21-9-13)15-11-29-19(24-15)25-18(28)16-10-23-26-27(16)17-7-8-20-12-22-17/h5-12H,2H2,1H3,(H,24,25,28). The SMILES string of the molecule is CCC#Cc1ccc(-c2csc(NC(=O)c3cnnn3-c3ccncn3)n2)nc1. The molecule has 0 aliphatic rings. The fourth-order valence-corrected chi connectivity index (χ4v) is 3.09. The third-order valence-electron chi connectivity index (χ3n) is 3.73. The van der Waals surface area contributed by atoms with Gasteiger partial charge in [0.05, 0.1) is 11.9 Å². The van der Waals surface area contributed by atoms with Crippen LogP contribution in [0.15, 0.2) is 48.5 Å². The summed E-state index contributed by atoms with van der Waals surface area (Å²) in [6, 6.07) is 5.39. The molecule has 0 unspecified atom stereocenters. The van der Waals surface area contributed by atoms with Gasteiger partial charge in [0.15, 0.2) is 16.6 Å². The molecule has 1 amide bonds. The van der Waals surface area contributed by atoms with Gasteiger partial charge in [-0.25, -0.2) is 15.0 Å². The van der Waals surface area contributed by atoms with E-state index >= 15 is 0 Å². The number of amides is 1. The van der Waals surface area contributed by atoms with Gasteiger partial charge in [-0.05, 0) is 12.1 Å². The zero-order chi connectivity index (χ0) is 20.1. The minimum Gasteiger partial charge on any atom is -0.296 e. The molecule has 9 nitrogen and oxygen atoms in total. The van der Waals surface area contributed by atoms with Gasteiger partial charge in [0.2, 0.25) is 0 Å². The van der Waals surface area contributed by atoms with E-state index in [1.165, 1.54) is 28.5 Å². The highest BCUT2D eigenvalue weighted by molar-refractivity contribution is 7.14. The van der Waals surface area contributed by atoms with E-state index in [0.29, 0.717) is 22.3 Å². The number of hydrogen-bond donors (Lipinski definition) is 1. The molecule has 0 aliphatic carbocycles. The zero-order valence-electron chi connectivity index (χ0n) is 15.3. The Balaban J connectivity index is 1.50. The molecule has 0 atom stereocenters. The maximum atomic E-state index is 12.6. The Bertz CT molecular complexity index is 1190. The Kier molecular flexibility index (Phi) is 5.31. The minimum atomic E-state index is -0.396. The molecule has 0 aliphatic heterocycles. The van der Waals surface area contributed by atoms with E-state index in [0.717, 1.165) is 12.0 Å². The first-order chi connectivity index (χ1) is 14.2. The van der Waals surface area contributed by atoms with Gasteiger partial charge in [-0.15, -0.1) is 16.4 Å². The number of anilines is 1. The molecule has 0 bridgehead atoms. The van der Waals surface area contributed by atoms with Gasteiger partial charge in [0, 0.05) is 35.8 Å². The van der Waals surface area contributed by atoms with Gasteiger partial charge >= 0.3 is 0 Å². The number of carbonyl (C=O) groups excluding carboxylic acids is 1. The molecule has 0 saturated carbocycles. The van der Waals surface area contributed by atoms with Crippen LogP contribution in [0.25, 0.3) is 17.2 Å². The maximum absolute atomic E-state index is 12.6. The van der Waals surface area contributed by atoms with E-state index in [2.05, 4.69) is 47.4 Å². The topological polar surface area (TPSA) is 111 Å². The van der Waals surface area contributed by atoms with Crippen LogP contribution in [-0.2, 0) is 0 Å². The van der Waals surface area contributed by atoms with Crippen LogP contribution in [0.4, 0.5) is 5.13 Å². The molecule has 142 valence electrons. The molecule has 4 heterocycles. The van der Waals surface area contributed by atoms with Crippen molar-refractivity contribution >= 4 is 22.4 Å². The van der Waals surface area contributed by atoms with Gasteiger partial charge < -0.3 is 0 Å². The second-order valence-electron chi connectivity index (χ2n) is 5.68. The van der Waals surface area contributed by atoms with Crippen molar-refractivity contribution in [3.63, 3.8) is 0 Å². The third kappa shape index (κ3) is 4.15. The Morgan fingerprint density at radius 3 is 2.90 bits per heavy atom. The molecule has 4 aromatic rings. The number of rotatable bonds is 4. The summed E-state index contributed by atoms with van der Waals surface area (Å²) >= 11 is 1.30. The lowest BCUT2D eigenvalue weighted by molar-refractivity contribution is 0.101. The predicted octanol–water partition coefficient (Wildman–Crippen LogP) is 2.59. The molecule has 4 rings (SSSR count). The molecule has 0 aromatic carbocycles. The number of carbonyl (C=O) groups is 1. The Morgan fingerprint density at radius 2 is 2.14 bits per heavy atom. The Hall–Kier alpha value is -3.97. The van der Waals surface area contributed by atoms with Crippen LogP contribution in [0.3, 0.4) is 0 Å². The van der Waals surface area contributed by atoms with Crippen LogP contribution in [0, 0.1) is 11.8 Å². The average Bonchev–Trinajstić information content (AvgIpc) is 3.43. The third-order valence-corrected chi connectivity index (χ3v) is 4.48. The second kappa shape index (κ2) is 8.37. The van der Waals surface area contributed by atoms with E-state index in [4.69, 9.17) is 0 Å². The van der Waals surface area contributed by atoms with Crippen LogP contribution in [0.1, 0.15) is 29.4 Å². The lowest BCUT2D eigenvalue weighted by Crippen LogP contribution is -2.17. The van der Waals surface area contributed by atoms with Crippen molar-refractivity contribution in [3.05, 3.63) is 59.8 Å². The average molecular weight is 402 g/mol. The van der Waals surface area contributed by atoms with Crippen LogP contribution < -0.4 is 5.32 Å². The van der Waals surface area contributed by atoms with Crippen molar-refractivity contribution in [1.82, 2.24) is 34.9 Å². The van der Waals surface area contributed by atoms with Crippen molar-refractivity contribution in [2.45, 2.75) is 13.3 Å². The first kappa shape index (κ1) is 18.4.